The number of aromatic amines is 1. The first kappa shape index (κ1) is 10.3. The summed E-state index contributed by atoms with van der Waals surface area (Å²) in [5.74, 6) is -2.58. The zero-order chi connectivity index (χ0) is 11.7. The third-order valence-corrected chi connectivity index (χ3v) is 2.01. The Bertz CT molecular complexity index is 576. The first-order chi connectivity index (χ1) is 7.58. The van der Waals surface area contributed by atoms with E-state index in [1.807, 2.05) is 0 Å². The molecule has 0 saturated carbocycles. The summed E-state index contributed by atoms with van der Waals surface area (Å²) < 4.78 is 25.4. The molecule has 82 valence electrons. The van der Waals surface area contributed by atoms with E-state index in [0.29, 0.717) is 16.6 Å². The topological polar surface area (TPSA) is 57.8 Å². The van der Waals surface area contributed by atoms with E-state index in [9.17, 15) is 13.6 Å². The van der Waals surface area contributed by atoms with E-state index in [0.717, 1.165) is 0 Å². The van der Waals surface area contributed by atoms with Crippen LogP contribution >= 0.6 is 0 Å². The lowest BCUT2D eigenvalue weighted by Crippen LogP contribution is -2.10. The fourth-order valence-corrected chi connectivity index (χ4v) is 1.26. The van der Waals surface area contributed by atoms with Gasteiger partial charge in [-0.1, -0.05) is 6.58 Å². The van der Waals surface area contributed by atoms with Gasteiger partial charge in [0.2, 0.25) is 5.95 Å². The number of H-pyrrole nitrogens is 1. The number of halogens is 2. The fraction of sp³-hybridized carbons (Fsp3) is 0. The number of hydrogen-bond acceptors (Lipinski definition) is 2. The zero-order valence-electron chi connectivity index (χ0n) is 8.05. The lowest BCUT2D eigenvalue weighted by atomic mass is 10.2. The average Bonchev–Trinajstić information content (AvgIpc) is 2.60. The van der Waals surface area contributed by atoms with Crippen LogP contribution in [-0.4, -0.2) is 16.1 Å². The number of hydrogen-bond donors (Lipinski definition) is 2. The van der Waals surface area contributed by atoms with Gasteiger partial charge in [-0.05, 0) is 18.2 Å². The number of fused-ring (bicyclic) bond motifs is 1. The summed E-state index contributed by atoms with van der Waals surface area (Å²) in [4.78, 5) is 11.0. The third-order valence-electron chi connectivity index (χ3n) is 2.01. The summed E-state index contributed by atoms with van der Waals surface area (Å²) in [7, 11) is 0. The quantitative estimate of drug-likeness (QED) is 0.766. The van der Waals surface area contributed by atoms with Crippen molar-refractivity contribution in [2.75, 3.05) is 5.32 Å². The number of carbonyl (C=O) groups excluding carboxylic acids is 1. The summed E-state index contributed by atoms with van der Waals surface area (Å²) in [6.45, 7) is 2.86. The summed E-state index contributed by atoms with van der Waals surface area (Å²) in [5, 5.41) is 8.38. The van der Waals surface area contributed by atoms with Gasteiger partial charge in [-0.3, -0.25) is 9.89 Å². The second-order valence-electron chi connectivity index (χ2n) is 3.13. The van der Waals surface area contributed by atoms with Crippen LogP contribution in [0.4, 0.5) is 14.5 Å². The van der Waals surface area contributed by atoms with Crippen molar-refractivity contribution in [2.24, 2.45) is 0 Å². The summed E-state index contributed by atoms with van der Waals surface area (Å²) in [6.07, 6.45) is 0. The normalized spacial score (nSPS) is 10.4. The Morgan fingerprint density at radius 3 is 2.94 bits per heavy atom. The number of aromatic nitrogens is 2. The number of rotatable bonds is 2. The average molecular weight is 223 g/mol. The molecule has 6 heteroatoms. The highest BCUT2D eigenvalue weighted by Crippen LogP contribution is 2.19. The number of carbonyl (C=O) groups is 1. The Hall–Kier alpha value is -2.24. The van der Waals surface area contributed by atoms with E-state index >= 15 is 0 Å². The van der Waals surface area contributed by atoms with Gasteiger partial charge in [-0.2, -0.15) is 9.49 Å². The second-order valence-corrected chi connectivity index (χ2v) is 3.13. The first-order valence-corrected chi connectivity index (χ1v) is 4.37. The van der Waals surface area contributed by atoms with Crippen molar-refractivity contribution in [1.29, 1.82) is 0 Å². The second kappa shape index (κ2) is 3.73. The van der Waals surface area contributed by atoms with E-state index in [4.69, 9.17) is 0 Å². The molecule has 0 fully saturated rings. The molecule has 4 nitrogen and oxygen atoms in total. The van der Waals surface area contributed by atoms with Gasteiger partial charge >= 0.3 is 0 Å². The zero-order valence-corrected chi connectivity index (χ0v) is 8.05. The smallest absolute Gasteiger partial charge is 0.283 e. The number of amides is 1. The minimum absolute atomic E-state index is 0.303. The Kier molecular flexibility index (Phi) is 2.40. The fourth-order valence-electron chi connectivity index (χ4n) is 1.26. The first-order valence-electron chi connectivity index (χ1n) is 4.37. The molecule has 1 heterocycles. The van der Waals surface area contributed by atoms with E-state index < -0.39 is 17.7 Å². The summed E-state index contributed by atoms with van der Waals surface area (Å²) in [6, 6.07) is 4.31. The van der Waals surface area contributed by atoms with Crippen molar-refractivity contribution in [2.45, 2.75) is 0 Å². The van der Waals surface area contributed by atoms with E-state index in [2.05, 4.69) is 22.1 Å². The predicted molar refractivity (Wildman–Crippen MR) is 54.9 cm³/mol. The SMILES string of the molecule is C=C(F)C(=O)Nc1ccc2c(F)[nH]nc2c1. The molecule has 0 aliphatic heterocycles. The van der Waals surface area contributed by atoms with Crippen LogP contribution in [0.15, 0.2) is 30.6 Å². The van der Waals surface area contributed by atoms with Gasteiger partial charge in [-0.15, -0.1) is 0 Å². The van der Waals surface area contributed by atoms with Crippen LogP contribution < -0.4 is 5.32 Å². The maximum absolute atomic E-state index is 13.0. The molecule has 2 aromatic rings. The lowest BCUT2D eigenvalue weighted by Gasteiger charge is -2.02. The summed E-state index contributed by atoms with van der Waals surface area (Å²) >= 11 is 0. The van der Waals surface area contributed by atoms with Gasteiger partial charge in [-0.25, -0.2) is 4.39 Å². The van der Waals surface area contributed by atoms with Crippen molar-refractivity contribution < 1.29 is 13.6 Å². The Labute approximate surface area is 89.0 Å². The number of anilines is 1. The van der Waals surface area contributed by atoms with Crippen molar-refractivity contribution >= 4 is 22.5 Å². The van der Waals surface area contributed by atoms with Crippen molar-refractivity contribution in [3.8, 4) is 0 Å². The van der Waals surface area contributed by atoms with Crippen LogP contribution in [-0.2, 0) is 4.79 Å². The minimum Gasteiger partial charge on any atom is -0.320 e. The molecule has 0 aliphatic rings. The molecule has 0 saturated heterocycles. The lowest BCUT2D eigenvalue weighted by molar-refractivity contribution is -0.114. The predicted octanol–water partition coefficient (Wildman–Crippen LogP) is 2.12. The highest BCUT2D eigenvalue weighted by atomic mass is 19.1. The Balaban J connectivity index is 2.33. The standard InChI is InChI=1S/C10H7F2N3O/c1-5(11)10(16)13-6-2-3-7-8(4-6)14-15-9(7)12/h2-4H,1H2,(H,13,16)(H,14,15). The van der Waals surface area contributed by atoms with Crippen LogP contribution in [0.25, 0.3) is 10.9 Å². The highest BCUT2D eigenvalue weighted by Gasteiger charge is 2.08. The molecule has 1 aromatic carbocycles. The van der Waals surface area contributed by atoms with Crippen molar-refractivity contribution in [3.63, 3.8) is 0 Å². The molecule has 2 rings (SSSR count). The van der Waals surface area contributed by atoms with Gasteiger partial charge in [0, 0.05) is 5.69 Å². The van der Waals surface area contributed by atoms with Crippen molar-refractivity contribution in [3.05, 3.63) is 36.6 Å². The monoisotopic (exact) mass is 223 g/mol. The van der Waals surface area contributed by atoms with Crippen molar-refractivity contribution in [1.82, 2.24) is 10.2 Å². The van der Waals surface area contributed by atoms with Crippen LogP contribution in [0.5, 0.6) is 0 Å². The Morgan fingerprint density at radius 2 is 2.25 bits per heavy atom. The van der Waals surface area contributed by atoms with Crippen LogP contribution in [0.2, 0.25) is 0 Å². The van der Waals surface area contributed by atoms with Crippen LogP contribution in [0.3, 0.4) is 0 Å². The number of nitrogens with zero attached hydrogens (tertiary/aromatic N) is 1. The summed E-state index contributed by atoms with van der Waals surface area (Å²) in [5.41, 5.74) is 0.669. The molecule has 0 aliphatic carbocycles. The van der Waals surface area contributed by atoms with Gasteiger partial charge in [0.15, 0.2) is 5.83 Å². The molecule has 0 bridgehead atoms. The highest BCUT2D eigenvalue weighted by molar-refractivity contribution is 6.02. The molecule has 1 amide bonds. The van der Waals surface area contributed by atoms with E-state index in [1.165, 1.54) is 18.2 Å². The molecule has 16 heavy (non-hydrogen) atoms. The number of benzene rings is 1. The van der Waals surface area contributed by atoms with Gasteiger partial charge < -0.3 is 5.32 Å². The molecule has 0 radical (unpaired) electrons. The molecule has 1 aromatic heterocycles. The van der Waals surface area contributed by atoms with E-state index in [-0.39, 0.29) is 0 Å². The number of nitrogens with one attached hydrogen (secondary N) is 2. The molecular weight excluding hydrogens is 216 g/mol. The molecule has 2 N–H and O–H groups in total. The maximum atomic E-state index is 13.0. The maximum Gasteiger partial charge on any atom is 0.283 e. The largest absolute Gasteiger partial charge is 0.320 e. The minimum atomic E-state index is -1.09. The molecule has 0 unspecified atom stereocenters. The van der Waals surface area contributed by atoms with Crippen LogP contribution in [0.1, 0.15) is 0 Å². The van der Waals surface area contributed by atoms with E-state index in [1.54, 1.807) is 0 Å². The van der Waals surface area contributed by atoms with Gasteiger partial charge in [0.25, 0.3) is 5.91 Å². The van der Waals surface area contributed by atoms with Crippen LogP contribution in [0, 0.1) is 5.95 Å². The van der Waals surface area contributed by atoms with Gasteiger partial charge in [0.1, 0.15) is 0 Å². The molecule has 0 spiro atoms. The Morgan fingerprint density at radius 1 is 1.50 bits per heavy atom. The molecular formula is C10H7F2N3O. The van der Waals surface area contributed by atoms with Gasteiger partial charge in [0.05, 0.1) is 10.9 Å². The molecule has 0 atom stereocenters. The third kappa shape index (κ3) is 1.77.